The van der Waals surface area contributed by atoms with Gasteiger partial charge >= 0.3 is 0 Å². The van der Waals surface area contributed by atoms with Gasteiger partial charge in [-0.1, -0.05) is 111 Å². The number of aryl methyl sites for hydroxylation is 1. The van der Waals surface area contributed by atoms with Crippen LogP contribution in [0.2, 0.25) is 0 Å². The van der Waals surface area contributed by atoms with Crippen LogP contribution in [0.4, 0.5) is 0 Å². The van der Waals surface area contributed by atoms with Gasteiger partial charge in [-0.05, 0) is 86.5 Å². The van der Waals surface area contributed by atoms with E-state index >= 15 is 0 Å². The summed E-state index contributed by atoms with van der Waals surface area (Å²) >= 11 is 0. The van der Waals surface area contributed by atoms with Gasteiger partial charge in [-0.25, -0.2) is 0 Å². The lowest BCUT2D eigenvalue weighted by atomic mass is 9.91. The Bertz CT molecular complexity index is 1230. The normalized spacial score (nSPS) is 12.6. The van der Waals surface area contributed by atoms with E-state index in [-0.39, 0.29) is 18.4 Å². The zero-order valence-corrected chi connectivity index (χ0v) is 35.6. The van der Waals surface area contributed by atoms with Crippen molar-refractivity contribution < 1.29 is 23.8 Å². The maximum atomic E-state index is 13.0. The molecule has 298 valence electrons. The molecule has 3 rings (SSSR count). The molecule has 1 fully saturated rings. The molecule has 1 saturated carbocycles. The molecule has 0 saturated heterocycles. The molecule has 1 aliphatic rings. The Hall–Kier alpha value is -3.20. The summed E-state index contributed by atoms with van der Waals surface area (Å²) in [6.45, 7) is 23.8. The molecule has 1 aliphatic carbocycles. The van der Waals surface area contributed by atoms with E-state index in [1.54, 1.807) is 21.3 Å². The second kappa shape index (κ2) is 32.5. The number of rotatable bonds is 14. The fourth-order valence-corrected chi connectivity index (χ4v) is 4.81. The molecule has 0 unspecified atom stereocenters. The maximum Gasteiger partial charge on any atom is 0.251 e. The van der Waals surface area contributed by atoms with Crippen LogP contribution in [0, 0.1) is 25.7 Å². The smallest absolute Gasteiger partial charge is 0.251 e. The highest BCUT2D eigenvalue weighted by Crippen LogP contribution is 2.27. The molecule has 8 nitrogen and oxygen atoms in total. The summed E-state index contributed by atoms with van der Waals surface area (Å²) in [5.74, 6) is 2.33. The fraction of sp³-hybridized carbons (Fsp3) is 0.636. The molecular formula is C44H77N3O5. The molecule has 0 bridgehead atoms. The number of likely N-dealkylation sites (N-methyl/N-ethyl adjacent to an activating group) is 2. The molecule has 8 heteroatoms. The second-order valence-electron chi connectivity index (χ2n) is 13.3. The number of ether oxygens (including phenoxy) is 3. The lowest BCUT2D eigenvalue weighted by Crippen LogP contribution is -2.32. The van der Waals surface area contributed by atoms with Gasteiger partial charge in [0.05, 0.1) is 13.2 Å². The summed E-state index contributed by atoms with van der Waals surface area (Å²) in [4.78, 5) is 25.2. The van der Waals surface area contributed by atoms with Crippen molar-refractivity contribution in [3.8, 4) is 16.9 Å². The lowest BCUT2D eigenvalue weighted by Gasteiger charge is -2.15. The molecule has 3 N–H and O–H groups in total. The Morgan fingerprint density at radius 3 is 1.87 bits per heavy atom. The number of benzene rings is 2. The summed E-state index contributed by atoms with van der Waals surface area (Å²) in [7, 11) is 6.83. The molecule has 0 atom stereocenters. The first-order chi connectivity index (χ1) is 24.9. The monoisotopic (exact) mass is 728 g/mol. The van der Waals surface area contributed by atoms with Crippen molar-refractivity contribution in [3.63, 3.8) is 0 Å². The number of methoxy groups -OCH3 is 2. The Morgan fingerprint density at radius 1 is 0.865 bits per heavy atom. The summed E-state index contributed by atoms with van der Waals surface area (Å²) in [5, 5.41) is 8.52. The van der Waals surface area contributed by atoms with E-state index < -0.39 is 0 Å². The summed E-state index contributed by atoms with van der Waals surface area (Å²) in [5.41, 5.74) is 6.05. The lowest BCUT2D eigenvalue weighted by molar-refractivity contribution is -0.117. The van der Waals surface area contributed by atoms with E-state index in [1.807, 2.05) is 78.9 Å². The number of carbonyl (C=O) groups is 2. The maximum absolute atomic E-state index is 13.0. The van der Waals surface area contributed by atoms with Crippen molar-refractivity contribution in [1.29, 1.82) is 0 Å². The molecule has 52 heavy (non-hydrogen) atoms. The average molecular weight is 728 g/mol. The van der Waals surface area contributed by atoms with Crippen molar-refractivity contribution in [2.75, 3.05) is 61.2 Å². The largest absolute Gasteiger partial charge is 0.491 e. The number of nitrogens with one attached hydrogen (secondary N) is 3. The first kappa shape index (κ1) is 50.9. The van der Waals surface area contributed by atoms with Crippen LogP contribution in [0.3, 0.4) is 0 Å². The van der Waals surface area contributed by atoms with Crippen LogP contribution in [0.25, 0.3) is 11.1 Å². The Kier molecular flexibility index (Phi) is 31.8. The van der Waals surface area contributed by atoms with E-state index in [0.717, 1.165) is 65.0 Å². The highest BCUT2D eigenvalue weighted by atomic mass is 16.5. The third-order valence-electron chi connectivity index (χ3n) is 8.89. The van der Waals surface area contributed by atoms with Crippen molar-refractivity contribution in [2.45, 2.75) is 114 Å². The van der Waals surface area contributed by atoms with Gasteiger partial charge in [0.2, 0.25) is 5.91 Å². The standard InChI is InChI=1S/C26H34N2O4.C7H14.C5H12.C4H11NO.C2H6/c1-7-17(2)24(25(29)27-5)16-28-26(30)23-15-21(14-18(3)19(23)4)20-8-10-22(11-9-20)32-13-12-31-6;1-7-5-3-2-4-6-7;1-4-5(2)3;1-5-3-4-6-2;1-2/h8-11,14-15H,7,12-13,16H2,1-6H3,(H,27,29)(H,28,30);7H,2-6H2,1H3;5H,4H2,1-3H3;5H,3-4H2,1-2H3;1-2H3/b24-17-;;;;. The van der Waals surface area contributed by atoms with Gasteiger partial charge in [-0.15, -0.1) is 0 Å². The zero-order valence-electron chi connectivity index (χ0n) is 35.6. The van der Waals surface area contributed by atoms with Crippen molar-refractivity contribution in [3.05, 3.63) is 64.2 Å². The third kappa shape index (κ3) is 22.7. The number of allylic oxidation sites excluding steroid dienone is 1. The Balaban J connectivity index is 0. The minimum absolute atomic E-state index is 0.167. The molecule has 2 aromatic rings. The first-order valence-corrected chi connectivity index (χ1v) is 19.6. The predicted octanol–water partition coefficient (Wildman–Crippen LogP) is 9.72. The molecule has 0 heterocycles. The van der Waals surface area contributed by atoms with Gasteiger partial charge in [-0.3, -0.25) is 9.59 Å². The molecule has 0 aromatic heterocycles. The quantitative estimate of drug-likeness (QED) is 0.132. The van der Waals surface area contributed by atoms with Crippen molar-refractivity contribution >= 4 is 11.8 Å². The summed E-state index contributed by atoms with van der Waals surface area (Å²) in [6, 6.07) is 11.7. The summed E-state index contributed by atoms with van der Waals surface area (Å²) in [6.07, 6.45) is 9.49. The van der Waals surface area contributed by atoms with E-state index in [1.165, 1.54) is 38.5 Å². The first-order valence-electron chi connectivity index (χ1n) is 19.6. The van der Waals surface area contributed by atoms with E-state index in [2.05, 4.69) is 49.7 Å². The number of hydrogen-bond acceptors (Lipinski definition) is 6. The summed E-state index contributed by atoms with van der Waals surface area (Å²) < 4.78 is 15.3. The number of amides is 2. The third-order valence-corrected chi connectivity index (χ3v) is 8.89. The van der Waals surface area contributed by atoms with E-state index in [0.29, 0.717) is 24.4 Å². The molecule has 2 amide bonds. The van der Waals surface area contributed by atoms with Crippen LogP contribution < -0.4 is 20.7 Å². The van der Waals surface area contributed by atoms with Gasteiger partial charge in [0.1, 0.15) is 12.4 Å². The minimum Gasteiger partial charge on any atom is -0.491 e. The van der Waals surface area contributed by atoms with Crippen LogP contribution in [-0.2, 0) is 14.3 Å². The fourth-order valence-electron chi connectivity index (χ4n) is 4.81. The van der Waals surface area contributed by atoms with Gasteiger partial charge < -0.3 is 30.2 Å². The van der Waals surface area contributed by atoms with Crippen LogP contribution in [-0.4, -0.2) is 73.0 Å². The van der Waals surface area contributed by atoms with E-state index in [9.17, 15) is 9.59 Å². The van der Waals surface area contributed by atoms with Crippen LogP contribution in [0.1, 0.15) is 122 Å². The van der Waals surface area contributed by atoms with Crippen LogP contribution in [0.5, 0.6) is 5.75 Å². The average Bonchev–Trinajstić information content (AvgIpc) is 3.16. The second-order valence-corrected chi connectivity index (χ2v) is 13.3. The highest BCUT2D eigenvalue weighted by molar-refractivity contribution is 5.99. The molecule has 2 aromatic carbocycles. The molecular weight excluding hydrogens is 651 g/mol. The molecule has 0 spiro atoms. The number of carbonyl (C=O) groups excluding carboxylic acids is 2. The van der Waals surface area contributed by atoms with Gasteiger partial charge in [0.25, 0.3) is 5.91 Å². The predicted molar refractivity (Wildman–Crippen MR) is 223 cm³/mol. The van der Waals surface area contributed by atoms with Gasteiger partial charge in [0, 0.05) is 45.5 Å². The topological polar surface area (TPSA) is 97.9 Å². The van der Waals surface area contributed by atoms with Crippen LogP contribution in [0.15, 0.2) is 47.5 Å². The van der Waals surface area contributed by atoms with Gasteiger partial charge in [-0.2, -0.15) is 0 Å². The van der Waals surface area contributed by atoms with E-state index in [4.69, 9.17) is 14.2 Å². The van der Waals surface area contributed by atoms with Crippen molar-refractivity contribution in [2.24, 2.45) is 11.8 Å². The number of hydrogen-bond donors (Lipinski definition) is 3. The van der Waals surface area contributed by atoms with Gasteiger partial charge in [0.15, 0.2) is 0 Å². The molecule has 0 radical (unpaired) electrons. The Labute approximate surface area is 319 Å². The zero-order chi connectivity index (χ0) is 39.9. The SMILES string of the molecule is CC.CC/C(C)=C(/CNC(=O)c1cc(-c2ccc(OCCOC)cc2)cc(C)c1C)C(=O)NC.CC1CCCCC1.CCC(C)C.CNCCOC. The van der Waals surface area contributed by atoms with Crippen LogP contribution >= 0.6 is 0 Å². The minimum atomic E-state index is -0.197. The Morgan fingerprint density at radius 2 is 1.44 bits per heavy atom. The van der Waals surface area contributed by atoms with Crippen molar-refractivity contribution in [1.82, 2.24) is 16.0 Å². The highest BCUT2D eigenvalue weighted by Gasteiger charge is 2.16. The molecule has 0 aliphatic heterocycles.